The summed E-state index contributed by atoms with van der Waals surface area (Å²) in [5.74, 6) is 2.66. The maximum atomic E-state index is 13.5. The summed E-state index contributed by atoms with van der Waals surface area (Å²) in [6.07, 6.45) is 20.9. The molecule has 5 unspecified atom stereocenters. The first-order chi connectivity index (χ1) is 23.9. The minimum absolute atomic E-state index is 0.0921. The summed E-state index contributed by atoms with van der Waals surface area (Å²) in [4.78, 5) is 28.8. The molecule has 0 aliphatic rings. The molecule has 0 aromatic rings. The molecule has 0 aliphatic heterocycles. The number of allylic oxidation sites excluding steroid dienone is 1. The summed E-state index contributed by atoms with van der Waals surface area (Å²) in [6, 6.07) is 0. The lowest BCUT2D eigenvalue weighted by atomic mass is 9.68. The van der Waals surface area contributed by atoms with Gasteiger partial charge in [0, 0.05) is 17.4 Å². The molecule has 2 N–H and O–H groups in total. The summed E-state index contributed by atoms with van der Waals surface area (Å²) in [5.41, 5.74) is 4.80. The minimum Gasteiger partial charge on any atom is -0.462 e. The predicted octanol–water partition coefficient (Wildman–Crippen LogP) is 12.2. The van der Waals surface area contributed by atoms with Crippen LogP contribution in [0.4, 0.5) is 0 Å². The highest BCUT2D eigenvalue weighted by Crippen LogP contribution is 2.43. The van der Waals surface area contributed by atoms with E-state index in [1.54, 1.807) is 0 Å². The van der Waals surface area contributed by atoms with Crippen LogP contribution in [0, 0.1) is 39.9 Å². The van der Waals surface area contributed by atoms with Crippen molar-refractivity contribution in [2.45, 2.75) is 204 Å². The molecule has 0 heterocycles. The van der Waals surface area contributed by atoms with Crippen molar-refractivity contribution < 1.29 is 19.1 Å². The molecule has 52 heavy (non-hydrogen) atoms. The Bertz CT molecular complexity index is 995. The van der Waals surface area contributed by atoms with Gasteiger partial charge in [0.05, 0.1) is 5.41 Å². The third-order valence-electron chi connectivity index (χ3n) is 11.2. The number of rotatable bonds is 30. The Labute approximate surface area is 324 Å². The Morgan fingerprint density at radius 3 is 1.67 bits per heavy atom. The highest BCUT2D eigenvalue weighted by molar-refractivity contribution is 5.76. The van der Waals surface area contributed by atoms with Gasteiger partial charge in [0.25, 0.3) is 0 Å². The van der Waals surface area contributed by atoms with Crippen LogP contribution in [0.3, 0.4) is 0 Å². The maximum Gasteiger partial charge on any atom is 0.311 e. The van der Waals surface area contributed by atoms with Crippen molar-refractivity contribution in [1.29, 1.82) is 0 Å². The zero-order valence-corrected chi connectivity index (χ0v) is 37.4. The third kappa shape index (κ3) is 24.8. The van der Waals surface area contributed by atoms with Crippen LogP contribution in [0.5, 0.6) is 0 Å². The van der Waals surface area contributed by atoms with Crippen molar-refractivity contribution >= 4 is 11.9 Å². The average molecular weight is 735 g/mol. The number of carbonyl (C=O) groups is 2. The summed E-state index contributed by atoms with van der Waals surface area (Å²) >= 11 is 0. The van der Waals surface area contributed by atoms with E-state index in [0.29, 0.717) is 18.8 Å². The zero-order valence-electron chi connectivity index (χ0n) is 37.4. The van der Waals surface area contributed by atoms with E-state index in [9.17, 15) is 9.59 Å². The SMILES string of the molecule is CCC(C)(CC(C)(C)C(=O)OCC=CC(C)(C)CC(C)(C)N)C(CCC(C)CCCC(C)CCCC(C)CCCC(C)C)OC(=O)CCCN(C)C. The number of nitrogens with two attached hydrogens (primary N) is 1. The van der Waals surface area contributed by atoms with E-state index < -0.39 is 5.41 Å². The number of ether oxygens (including phenoxy) is 2. The van der Waals surface area contributed by atoms with Crippen LogP contribution in [0.2, 0.25) is 0 Å². The van der Waals surface area contributed by atoms with E-state index in [4.69, 9.17) is 15.2 Å². The smallest absolute Gasteiger partial charge is 0.311 e. The molecule has 6 heteroatoms. The molecule has 308 valence electrons. The van der Waals surface area contributed by atoms with Gasteiger partial charge in [-0.15, -0.1) is 0 Å². The van der Waals surface area contributed by atoms with E-state index in [1.807, 2.05) is 47.9 Å². The molecule has 0 fully saturated rings. The maximum absolute atomic E-state index is 13.5. The normalized spacial score (nSPS) is 16.6. The van der Waals surface area contributed by atoms with Crippen molar-refractivity contribution in [3.63, 3.8) is 0 Å². The molecular weight excluding hydrogens is 645 g/mol. The van der Waals surface area contributed by atoms with Gasteiger partial charge in [0.2, 0.25) is 0 Å². The van der Waals surface area contributed by atoms with Crippen molar-refractivity contribution in [2.24, 2.45) is 45.7 Å². The second-order valence-corrected chi connectivity index (χ2v) is 20.2. The minimum atomic E-state index is -0.726. The highest BCUT2D eigenvalue weighted by atomic mass is 16.5. The van der Waals surface area contributed by atoms with E-state index in [-0.39, 0.29) is 41.0 Å². The first-order valence-corrected chi connectivity index (χ1v) is 21.4. The van der Waals surface area contributed by atoms with Crippen LogP contribution in [0.15, 0.2) is 12.2 Å². The fraction of sp³-hybridized carbons (Fsp3) is 0.913. The van der Waals surface area contributed by atoms with Gasteiger partial charge in [0.15, 0.2) is 0 Å². The van der Waals surface area contributed by atoms with Crippen LogP contribution in [-0.4, -0.2) is 55.7 Å². The molecule has 5 atom stereocenters. The van der Waals surface area contributed by atoms with Gasteiger partial charge in [-0.2, -0.15) is 0 Å². The van der Waals surface area contributed by atoms with Crippen LogP contribution in [-0.2, 0) is 19.1 Å². The number of nitrogens with zero attached hydrogens (tertiary/aromatic N) is 1. The molecule has 0 radical (unpaired) electrons. The predicted molar refractivity (Wildman–Crippen MR) is 224 cm³/mol. The molecule has 6 nitrogen and oxygen atoms in total. The topological polar surface area (TPSA) is 81.9 Å². The van der Waals surface area contributed by atoms with Crippen molar-refractivity contribution in [2.75, 3.05) is 27.2 Å². The summed E-state index contributed by atoms with van der Waals surface area (Å²) in [5, 5.41) is 0. The van der Waals surface area contributed by atoms with Gasteiger partial charge in [-0.25, -0.2) is 0 Å². The Morgan fingerprint density at radius 1 is 0.712 bits per heavy atom. The number of esters is 2. The van der Waals surface area contributed by atoms with Gasteiger partial charge in [-0.3, -0.25) is 9.59 Å². The van der Waals surface area contributed by atoms with Gasteiger partial charge >= 0.3 is 11.9 Å². The quantitative estimate of drug-likeness (QED) is 0.0584. The highest BCUT2D eigenvalue weighted by Gasteiger charge is 2.43. The lowest BCUT2D eigenvalue weighted by Crippen LogP contribution is -2.42. The van der Waals surface area contributed by atoms with Gasteiger partial charge in [0.1, 0.15) is 12.7 Å². The van der Waals surface area contributed by atoms with E-state index in [0.717, 1.165) is 56.4 Å². The number of hydrogen-bond donors (Lipinski definition) is 1. The summed E-state index contributed by atoms with van der Waals surface area (Å²) in [7, 11) is 4.05. The largest absolute Gasteiger partial charge is 0.462 e. The monoisotopic (exact) mass is 735 g/mol. The fourth-order valence-corrected chi connectivity index (χ4v) is 8.15. The van der Waals surface area contributed by atoms with Crippen LogP contribution >= 0.6 is 0 Å². The molecule has 0 aromatic carbocycles. The lowest BCUT2D eigenvalue weighted by molar-refractivity contribution is -0.163. The molecule has 0 saturated heterocycles. The van der Waals surface area contributed by atoms with E-state index >= 15 is 0 Å². The first-order valence-electron chi connectivity index (χ1n) is 21.4. The molecule has 0 bridgehead atoms. The van der Waals surface area contributed by atoms with Crippen LogP contribution in [0.1, 0.15) is 193 Å². The summed E-state index contributed by atoms with van der Waals surface area (Å²) < 4.78 is 12.2. The second-order valence-electron chi connectivity index (χ2n) is 20.2. The second kappa shape index (κ2) is 24.9. The lowest BCUT2D eigenvalue weighted by Gasteiger charge is -2.41. The van der Waals surface area contributed by atoms with Gasteiger partial charge < -0.3 is 20.1 Å². The number of hydrogen-bond acceptors (Lipinski definition) is 6. The Kier molecular flexibility index (Phi) is 24.2. The van der Waals surface area contributed by atoms with Crippen LogP contribution < -0.4 is 5.73 Å². The average Bonchev–Trinajstić information content (AvgIpc) is 2.99. The third-order valence-corrected chi connectivity index (χ3v) is 11.2. The standard InChI is InChI=1S/C46H90N2O4/c1-16-46(13,35-44(9,10)42(50)51-33-21-31-43(7,8)34-45(11,12)47)40(52-41(49)28-20-32-48(14)15)30-29-39(6)27-19-26-38(5)25-18-24-37(4)23-17-22-36(2)3/h21,31,36-40H,16-20,22-30,32-35,47H2,1-15H3. The van der Waals surface area contributed by atoms with Crippen LogP contribution in [0.25, 0.3) is 0 Å². The molecule has 0 amide bonds. The van der Waals surface area contributed by atoms with Crippen molar-refractivity contribution in [3.05, 3.63) is 12.2 Å². The van der Waals surface area contributed by atoms with E-state index in [1.165, 1.54) is 57.8 Å². The molecule has 0 spiro atoms. The Morgan fingerprint density at radius 2 is 1.21 bits per heavy atom. The molecule has 0 saturated carbocycles. The Hall–Kier alpha value is -1.40. The van der Waals surface area contributed by atoms with Gasteiger partial charge in [-0.05, 0) is 116 Å². The van der Waals surface area contributed by atoms with Gasteiger partial charge in [-0.1, -0.05) is 132 Å². The molecule has 0 aliphatic carbocycles. The number of carbonyl (C=O) groups excluding carboxylic acids is 2. The first kappa shape index (κ1) is 50.6. The Balaban J connectivity index is 5.33. The molecule has 0 rings (SSSR count). The molecule has 0 aromatic heterocycles. The van der Waals surface area contributed by atoms with Crippen molar-refractivity contribution in [3.8, 4) is 0 Å². The fourth-order valence-electron chi connectivity index (χ4n) is 8.15. The zero-order chi connectivity index (χ0) is 40.2. The molecular formula is C46H90N2O4. The van der Waals surface area contributed by atoms with E-state index in [2.05, 4.69) is 73.3 Å². The van der Waals surface area contributed by atoms with Crippen molar-refractivity contribution in [1.82, 2.24) is 4.90 Å². The summed E-state index contributed by atoms with van der Waals surface area (Å²) in [6.45, 7) is 29.6.